The number of aromatic nitrogens is 2. The number of nitrogens with zero attached hydrogens (tertiary/aromatic N) is 3. The lowest BCUT2D eigenvalue weighted by Crippen LogP contribution is -2.45. The molecule has 0 bridgehead atoms. The molecule has 3 aromatic carbocycles. The molecule has 1 fully saturated rings. The van der Waals surface area contributed by atoms with Crippen molar-refractivity contribution in [1.29, 1.82) is 0 Å². The maximum atomic E-state index is 13.3. The van der Waals surface area contributed by atoms with Crippen LogP contribution < -0.4 is 15.4 Å². The molecule has 2 amide bonds. The van der Waals surface area contributed by atoms with Crippen molar-refractivity contribution in [2.24, 2.45) is 7.05 Å². The molecule has 6 rings (SSSR count). The summed E-state index contributed by atoms with van der Waals surface area (Å²) in [5, 5.41) is 20.5. The van der Waals surface area contributed by atoms with Gasteiger partial charge in [0.2, 0.25) is 5.91 Å². The number of nitrogens with one attached hydrogen (secondary N) is 2. The third-order valence-corrected chi connectivity index (χ3v) is 11.3. The third kappa shape index (κ3) is 11.9. The molecule has 2 aliphatic rings. The fraction of sp³-hybridized carbons (Fsp3) is 0.452. The van der Waals surface area contributed by atoms with Crippen molar-refractivity contribution >= 4 is 27.6 Å². The number of carbonyl (C=O) groups is 2. The van der Waals surface area contributed by atoms with Gasteiger partial charge in [0.05, 0.1) is 30.7 Å². The molecule has 0 spiro atoms. The highest BCUT2D eigenvalue weighted by molar-refractivity contribution is 7.86. The van der Waals surface area contributed by atoms with E-state index in [9.17, 15) is 23.1 Å². The van der Waals surface area contributed by atoms with Gasteiger partial charge in [0.1, 0.15) is 11.4 Å². The highest BCUT2D eigenvalue weighted by atomic mass is 32.2. The molecular weight excluding hydrogens is 735 g/mol. The lowest BCUT2D eigenvalue weighted by atomic mass is 9.94. The van der Waals surface area contributed by atoms with Gasteiger partial charge < -0.3 is 30.1 Å². The van der Waals surface area contributed by atoms with Crippen LogP contribution in [0.4, 0.5) is 5.69 Å². The minimum absolute atomic E-state index is 0.000764. The van der Waals surface area contributed by atoms with Crippen molar-refractivity contribution in [3.8, 4) is 22.6 Å². The van der Waals surface area contributed by atoms with Gasteiger partial charge in [0, 0.05) is 37.9 Å². The van der Waals surface area contributed by atoms with Crippen molar-refractivity contribution in [2.75, 3.05) is 44.8 Å². The van der Waals surface area contributed by atoms with Crippen LogP contribution >= 0.6 is 0 Å². The van der Waals surface area contributed by atoms with E-state index in [0.29, 0.717) is 74.3 Å². The van der Waals surface area contributed by atoms with E-state index in [1.54, 1.807) is 36.7 Å². The van der Waals surface area contributed by atoms with Crippen LogP contribution in [-0.4, -0.2) is 90.1 Å². The average molecular weight is 790 g/mol. The van der Waals surface area contributed by atoms with E-state index in [1.807, 2.05) is 32.4 Å². The second-order valence-corrected chi connectivity index (χ2v) is 15.9. The summed E-state index contributed by atoms with van der Waals surface area (Å²) < 4.78 is 44.1. The van der Waals surface area contributed by atoms with Crippen LogP contribution in [0.5, 0.6) is 11.5 Å². The third-order valence-electron chi connectivity index (χ3n) is 10.1. The van der Waals surface area contributed by atoms with Gasteiger partial charge in [-0.05, 0) is 86.9 Å². The predicted octanol–water partition coefficient (Wildman–Crippen LogP) is 5.92. The molecular formula is C42H55N5O8S. The van der Waals surface area contributed by atoms with Crippen LogP contribution in [0.25, 0.3) is 11.1 Å². The Kier molecular flexibility index (Phi) is 15.1. The van der Waals surface area contributed by atoms with E-state index in [-0.39, 0.29) is 29.1 Å². The molecule has 1 aromatic heterocycles. The van der Waals surface area contributed by atoms with Gasteiger partial charge >= 0.3 is 0 Å². The summed E-state index contributed by atoms with van der Waals surface area (Å²) in [7, 11) is -2.17. The molecule has 1 aliphatic heterocycles. The average Bonchev–Trinajstić information content (AvgIpc) is 3.59. The molecule has 0 saturated heterocycles. The standard InChI is InChI=1S/C33H43N5O5.C9H12O3S/c1-37-22-27(21-35-37)25-9-7-24(8-10-25)14-19-42-20-15-31(41)38(28-5-3-2-4-6-28)18-17-34-16-13-26-11-12-29(39)32-33(26)43-23-30(40)36-32;1-6-4-7(2)9(8(3)5-6)13(10,11)12/h7-12,21-22,28,34,39H,2-6,13-20,23H2,1H3,(H,36,40);4-5H,1-3H3,(H,10,11,12). The lowest BCUT2D eigenvalue weighted by Gasteiger charge is -2.34. The van der Waals surface area contributed by atoms with Crippen LogP contribution in [0.2, 0.25) is 0 Å². The monoisotopic (exact) mass is 789 g/mol. The van der Waals surface area contributed by atoms with Gasteiger partial charge in [-0.15, -0.1) is 0 Å². The van der Waals surface area contributed by atoms with Gasteiger partial charge in [-0.2, -0.15) is 13.5 Å². The van der Waals surface area contributed by atoms with Gasteiger partial charge in [-0.25, -0.2) is 0 Å². The van der Waals surface area contributed by atoms with Crippen LogP contribution in [0.3, 0.4) is 0 Å². The van der Waals surface area contributed by atoms with Crippen molar-refractivity contribution < 1.29 is 37.1 Å². The number of benzene rings is 3. The van der Waals surface area contributed by atoms with E-state index < -0.39 is 10.1 Å². The Balaban J connectivity index is 0.000000392. The summed E-state index contributed by atoms with van der Waals surface area (Å²) in [6.07, 6.45) is 11.4. The first-order valence-electron chi connectivity index (χ1n) is 19.3. The molecule has 302 valence electrons. The molecule has 2 heterocycles. The summed E-state index contributed by atoms with van der Waals surface area (Å²) >= 11 is 0. The highest BCUT2D eigenvalue weighted by Crippen LogP contribution is 2.39. The molecule has 0 radical (unpaired) electrons. The van der Waals surface area contributed by atoms with Gasteiger partial charge in [-0.3, -0.25) is 18.8 Å². The Morgan fingerprint density at radius 3 is 2.38 bits per heavy atom. The number of ether oxygens (including phenoxy) is 2. The maximum absolute atomic E-state index is 13.3. The number of phenols is 1. The number of hydrogen-bond acceptors (Lipinski definition) is 9. The first-order chi connectivity index (χ1) is 26.8. The topological polar surface area (TPSA) is 172 Å². The van der Waals surface area contributed by atoms with Crippen LogP contribution in [0.1, 0.15) is 66.3 Å². The van der Waals surface area contributed by atoms with Crippen molar-refractivity contribution in [3.05, 3.63) is 88.7 Å². The number of phenolic OH excluding ortho intramolecular Hbond substituents is 1. The molecule has 56 heavy (non-hydrogen) atoms. The Bertz CT molecular complexity index is 2040. The maximum Gasteiger partial charge on any atom is 0.295 e. The van der Waals surface area contributed by atoms with Gasteiger partial charge in [0.25, 0.3) is 16.0 Å². The van der Waals surface area contributed by atoms with E-state index in [4.69, 9.17) is 14.0 Å². The van der Waals surface area contributed by atoms with Crippen LogP contribution in [-0.2, 0) is 44.3 Å². The number of amides is 2. The summed E-state index contributed by atoms with van der Waals surface area (Å²) in [6, 6.07) is 15.6. The Morgan fingerprint density at radius 2 is 1.71 bits per heavy atom. The zero-order chi connectivity index (χ0) is 40.2. The normalized spacial score (nSPS) is 14.3. The zero-order valence-corrected chi connectivity index (χ0v) is 33.7. The van der Waals surface area contributed by atoms with Crippen molar-refractivity contribution in [2.45, 2.75) is 83.1 Å². The fourth-order valence-electron chi connectivity index (χ4n) is 7.47. The van der Waals surface area contributed by atoms with E-state index in [0.717, 1.165) is 41.5 Å². The molecule has 0 atom stereocenters. The number of carbonyl (C=O) groups excluding carboxylic acids is 2. The summed E-state index contributed by atoms with van der Waals surface area (Å²) in [4.78, 5) is 27.0. The Morgan fingerprint density at radius 1 is 1.00 bits per heavy atom. The molecule has 1 aliphatic carbocycles. The van der Waals surface area contributed by atoms with Gasteiger partial charge in [0.15, 0.2) is 12.4 Å². The number of fused-ring (bicyclic) bond motifs is 1. The number of aryl methyl sites for hydroxylation is 4. The molecule has 4 N–H and O–H groups in total. The molecule has 0 unspecified atom stereocenters. The van der Waals surface area contributed by atoms with E-state index in [1.165, 1.54) is 24.8 Å². The largest absolute Gasteiger partial charge is 0.506 e. The van der Waals surface area contributed by atoms with Crippen LogP contribution in [0, 0.1) is 20.8 Å². The SMILES string of the molecule is Cc1cc(C)c(S(=O)(=O)O)c(C)c1.Cn1cc(-c2ccc(CCOCCC(=O)N(CCNCCc3ccc(O)c4c3OCC(=O)N4)C3CCCCC3)cc2)cn1. The number of rotatable bonds is 15. The smallest absolute Gasteiger partial charge is 0.295 e. The van der Waals surface area contributed by atoms with E-state index >= 15 is 0 Å². The Hall–Kier alpha value is -4.76. The number of hydrogen-bond donors (Lipinski definition) is 4. The molecule has 4 aromatic rings. The van der Waals surface area contributed by atoms with Gasteiger partial charge in [-0.1, -0.05) is 67.3 Å². The van der Waals surface area contributed by atoms with Crippen molar-refractivity contribution in [1.82, 2.24) is 20.0 Å². The number of aromatic hydroxyl groups is 1. The molecule has 1 saturated carbocycles. The summed E-state index contributed by atoms with van der Waals surface area (Å²) in [6.45, 7) is 8.21. The summed E-state index contributed by atoms with van der Waals surface area (Å²) in [5.41, 5.74) is 6.86. The lowest BCUT2D eigenvalue weighted by molar-refractivity contribution is -0.135. The van der Waals surface area contributed by atoms with Crippen molar-refractivity contribution in [3.63, 3.8) is 0 Å². The molecule has 13 nitrogen and oxygen atoms in total. The first kappa shape index (κ1) is 42.4. The highest BCUT2D eigenvalue weighted by Gasteiger charge is 2.25. The number of anilines is 1. The fourth-order valence-corrected chi connectivity index (χ4v) is 8.40. The second-order valence-electron chi connectivity index (χ2n) is 14.6. The van der Waals surface area contributed by atoms with E-state index in [2.05, 4.69) is 44.9 Å². The minimum Gasteiger partial charge on any atom is -0.506 e. The Labute approximate surface area is 330 Å². The zero-order valence-electron chi connectivity index (χ0n) is 32.8. The first-order valence-corrected chi connectivity index (χ1v) is 20.7. The molecule has 14 heteroatoms. The van der Waals surface area contributed by atoms with Crippen LogP contribution in [0.15, 0.2) is 65.8 Å². The summed E-state index contributed by atoms with van der Waals surface area (Å²) in [5.74, 6) is 0.414. The second kappa shape index (κ2) is 19.9. The minimum atomic E-state index is -4.08. The predicted molar refractivity (Wildman–Crippen MR) is 216 cm³/mol. The quantitative estimate of drug-likeness (QED) is 0.0643.